The highest BCUT2D eigenvalue weighted by Gasteiger charge is 2.34. The second-order valence-corrected chi connectivity index (χ2v) is 6.57. The molecule has 0 aliphatic carbocycles. The van der Waals surface area contributed by atoms with Crippen LogP contribution in [0.3, 0.4) is 0 Å². The van der Waals surface area contributed by atoms with Crippen molar-refractivity contribution in [2.24, 2.45) is 5.92 Å². The van der Waals surface area contributed by atoms with Crippen LogP contribution in [0.5, 0.6) is 0 Å². The first-order valence-corrected chi connectivity index (χ1v) is 7.83. The van der Waals surface area contributed by atoms with Crippen LogP contribution in [-0.4, -0.2) is 37.9 Å². The van der Waals surface area contributed by atoms with Crippen LogP contribution in [-0.2, 0) is 9.59 Å². The lowest BCUT2D eigenvalue weighted by molar-refractivity contribution is -0.140. The first-order valence-electron chi connectivity index (χ1n) is 6.60. The minimum absolute atomic E-state index is 0.222. The van der Waals surface area contributed by atoms with Gasteiger partial charge in [-0.3, -0.25) is 14.5 Å². The lowest BCUT2D eigenvalue weighted by atomic mass is 9.97. The molecule has 1 aliphatic rings. The Balaban J connectivity index is 2.14. The number of thiocarbonyl (C=S) groups is 1. The lowest BCUT2D eigenvalue weighted by Gasteiger charge is -2.16. The van der Waals surface area contributed by atoms with E-state index in [0.29, 0.717) is 4.91 Å². The molecule has 1 aromatic carbocycles. The number of nitrogens with zero attached hydrogens (tertiary/aromatic N) is 1. The third kappa shape index (κ3) is 3.73. The number of aliphatic hydroxyl groups is 1. The number of thioether (sulfide) groups is 1. The van der Waals surface area contributed by atoms with E-state index < -0.39 is 24.5 Å². The Kier molecular flexibility index (Phi) is 5.33. The fourth-order valence-corrected chi connectivity index (χ4v) is 3.41. The topological polar surface area (TPSA) is 77.8 Å². The summed E-state index contributed by atoms with van der Waals surface area (Å²) in [5, 5.41) is 19.1. The predicted molar refractivity (Wildman–Crippen MR) is 88.2 cm³/mol. The molecule has 1 heterocycles. The van der Waals surface area contributed by atoms with Crippen molar-refractivity contribution in [3.8, 4) is 0 Å². The molecule has 0 aromatic heterocycles. The summed E-state index contributed by atoms with van der Waals surface area (Å²) in [6.45, 7) is 1.35. The van der Waals surface area contributed by atoms with E-state index in [1.165, 1.54) is 0 Å². The van der Waals surface area contributed by atoms with Gasteiger partial charge in [0.15, 0.2) is 0 Å². The van der Waals surface area contributed by atoms with Crippen molar-refractivity contribution in [1.29, 1.82) is 0 Å². The van der Waals surface area contributed by atoms with Crippen molar-refractivity contribution >= 4 is 40.2 Å². The number of carbonyl (C=O) groups is 2. The van der Waals surface area contributed by atoms with Crippen molar-refractivity contribution in [3.63, 3.8) is 0 Å². The normalized spacial score (nSPS) is 19.5. The minimum atomic E-state index is -1.12. The molecule has 116 valence electrons. The Labute approximate surface area is 137 Å². The molecule has 7 heteroatoms. The van der Waals surface area contributed by atoms with Gasteiger partial charge >= 0.3 is 5.97 Å². The third-order valence-electron chi connectivity index (χ3n) is 3.22. The molecular formula is C15H15NO4S2. The summed E-state index contributed by atoms with van der Waals surface area (Å²) in [7, 11) is 0. The summed E-state index contributed by atoms with van der Waals surface area (Å²) in [4.78, 5) is 24.3. The zero-order chi connectivity index (χ0) is 16.3. The van der Waals surface area contributed by atoms with Gasteiger partial charge in [-0.1, -0.05) is 67.3 Å². The Hall–Kier alpha value is -1.70. The average molecular weight is 337 g/mol. The van der Waals surface area contributed by atoms with Gasteiger partial charge in [0, 0.05) is 5.92 Å². The number of carboxylic acids is 1. The number of aliphatic hydroxyl groups excluding tert-OH is 1. The van der Waals surface area contributed by atoms with Crippen LogP contribution in [0.2, 0.25) is 0 Å². The summed E-state index contributed by atoms with van der Waals surface area (Å²) < 4.78 is 0.222. The SMILES string of the molecule is CC(/C=C1\SC(=S)N(CC(=O)O)C1=O)C(O)c1ccccc1. The molecule has 2 unspecified atom stereocenters. The van der Waals surface area contributed by atoms with E-state index in [-0.39, 0.29) is 10.2 Å². The number of amides is 1. The zero-order valence-corrected chi connectivity index (χ0v) is 13.4. The highest BCUT2D eigenvalue weighted by molar-refractivity contribution is 8.26. The van der Waals surface area contributed by atoms with E-state index in [9.17, 15) is 14.7 Å². The molecule has 1 aliphatic heterocycles. The second-order valence-electron chi connectivity index (χ2n) is 4.90. The molecule has 0 saturated carbocycles. The van der Waals surface area contributed by atoms with Crippen molar-refractivity contribution < 1.29 is 19.8 Å². The number of carboxylic acid groups (broad SMARTS) is 1. The fourth-order valence-electron chi connectivity index (χ4n) is 2.07. The van der Waals surface area contributed by atoms with Crippen molar-refractivity contribution in [2.75, 3.05) is 6.54 Å². The molecule has 2 atom stereocenters. The summed E-state index contributed by atoms with van der Waals surface area (Å²) in [6.07, 6.45) is 0.892. The highest BCUT2D eigenvalue weighted by Crippen LogP contribution is 2.34. The maximum absolute atomic E-state index is 12.2. The summed E-state index contributed by atoms with van der Waals surface area (Å²) >= 11 is 6.09. The van der Waals surface area contributed by atoms with Crippen LogP contribution < -0.4 is 0 Å². The Bertz CT molecular complexity index is 630. The maximum Gasteiger partial charge on any atom is 0.323 e. The highest BCUT2D eigenvalue weighted by atomic mass is 32.2. The monoisotopic (exact) mass is 337 g/mol. The predicted octanol–water partition coefficient (Wildman–Crippen LogP) is 2.18. The van der Waals surface area contributed by atoms with E-state index in [1.807, 2.05) is 30.3 Å². The number of benzene rings is 1. The van der Waals surface area contributed by atoms with Gasteiger partial charge < -0.3 is 10.2 Å². The molecule has 2 rings (SSSR count). The smallest absolute Gasteiger partial charge is 0.323 e. The fraction of sp³-hybridized carbons (Fsp3) is 0.267. The molecule has 1 amide bonds. The van der Waals surface area contributed by atoms with Crippen molar-refractivity contribution in [1.82, 2.24) is 4.90 Å². The van der Waals surface area contributed by atoms with Gasteiger partial charge in [0.25, 0.3) is 5.91 Å². The zero-order valence-electron chi connectivity index (χ0n) is 11.8. The molecule has 1 fully saturated rings. The molecular weight excluding hydrogens is 322 g/mol. The number of hydrogen-bond acceptors (Lipinski definition) is 5. The minimum Gasteiger partial charge on any atom is -0.480 e. The first-order chi connectivity index (χ1) is 10.4. The summed E-state index contributed by atoms with van der Waals surface area (Å²) in [5.74, 6) is -1.85. The van der Waals surface area contributed by atoms with Gasteiger partial charge in [0.1, 0.15) is 10.9 Å². The van der Waals surface area contributed by atoms with Crippen LogP contribution in [0.4, 0.5) is 0 Å². The molecule has 0 radical (unpaired) electrons. The van der Waals surface area contributed by atoms with E-state index in [1.54, 1.807) is 13.0 Å². The van der Waals surface area contributed by atoms with Crippen LogP contribution in [0, 0.1) is 5.92 Å². The van der Waals surface area contributed by atoms with Crippen LogP contribution in [0.15, 0.2) is 41.3 Å². The van der Waals surface area contributed by atoms with Crippen LogP contribution in [0.1, 0.15) is 18.6 Å². The van der Waals surface area contributed by atoms with E-state index in [4.69, 9.17) is 17.3 Å². The number of rotatable bonds is 5. The van der Waals surface area contributed by atoms with Gasteiger partial charge in [-0.15, -0.1) is 0 Å². The maximum atomic E-state index is 12.2. The lowest BCUT2D eigenvalue weighted by Crippen LogP contribution is -2.33. The van der Waals surface area contributed by atoms with E-state index >= 15 is 0 Å². The third-order valence-corrected chi connectivity index (χ3v) is 4.62. The van der Waals surface area contributed by atoms with Crippen molar-refractivity contribution in [2.45, 2.75) is 13.0 Å². The van der Waals surface area contributed by atoms with Gasteiger partial charge in [0.2, 0.25) is 0 Å². The van der Waals surface area contributed by atoms with Gasteiger partial charge in [0.05, 0.1) is 11.0 Å². The molecule has 0 bridgehead atoms. The molecule has 0 spiro atoms. The molecule has 22 heavy (non-hydrogen) atoms. The quantitative estimate of drug-likeness (QED) is 0.633. The van der Waals surface area contributed by atoms with Crippen LogP contribution >= 0.6 is 24.0 Å². The van der Waals surface area contributed by atoms with E-state index in [0.717, 1.165) is 22.2 Å². The average Bonchev–Trinajstić information content (AvgIpc) is 2.74. The van der Waals surface area contributed by atoms with E-state index in [2.05, 4.69) is 0 Å². The Morgan fingerprint density at radius 2 is 2.05 bits per heavy atom. The van der Waals surface area contributed by atoms with Gasteiger partial charge in [-0.2, -0.15) is 0 Å². The summed E-state index contributed by atoms with van der Waals surface area (Å²) in [6, 6.07) is 9.14. The Morgan fingerprint density at radius 3 is 2.64 bits per heavy atom. The van der Waals surface area contributed by atoms with Crippen LogP contribution in [0.25, 0.3) is 0 Å². The number of aliphatic carboxylic acids is 1. The number of hydrogen-bond donors (Lipinski definition) is 2. The summed E-state index contributed by atoms with van der Waals surface area (Å²) in [5.41, 5.74) is 0.757. The molecule has 5 nitrogen and oxygen atoms in total. The van der Waals surface area contributed by atoms with Gasteiger partial charge in [-0.05, 0) is 5.56 Å². The molecule has 1 aromatic rings. The molecule has 2 N–H and O–H groups in total. The number of carbonyl (C=O) groups excluding carboxylic acids is 1. The second kappa shape index (κ2) is 7.04. The first kappa shape index (κ1) is 16.7. The van der Waals surface area contributed by atoms with Crippen molar-refractivity contribution in [3.05, 3.63) is 46.9 Å². The largest absolute Gasteiger partial charge is 0.480 e. The van der Waals surface area contributed by atoms with Gasteiger partial charge in [-0.25, -0.2) is 0 Å². The Morgan fingerprint density at radius 1 is 1.41 bits per heavy atom. The standard InChI is InChI=1S/C15H15NO4S2/c1-9(13(19)10-5-3-2-4-6-10)7-11-14(20)16(8-12(17)18)15(21)22-11/h2-7,9,13,19H,8H2,1H3,(H,17,18)/b11-7-. The molecule has 1 saturated heterocycles.